The van der Waals surface area contributed by atoms with Gasteiger partial charge in [0.2, 0.25) is 12.3 Å². The molecule has 0 saturated carbocycles. The fourth-order valence-corrected chi connectivity index (χ4v) is 2.98. The molecule has 37 heavy (non-hydrogen) atoms. The van der Waals surface area contributed by atoms with E-state index >= 15 is 0 Å². The van der Waals surface area contributed by atoms with Crippen molar-refractivity contribution >= 4 is 24.0 Å². The molecule has 0 spiro atoms. The minimum absolute atomic E-state index is 0.0343. The summed E-state index contributed by atoms with van der Waals surface area (Å²) in [4.78, 5) is 34.4. The fraction of sp³-hybridized carbons (Fsp3) is 0.621. The van der Waals surface area contributed by atoms with Crippen LogP contribution >= 0.6 is 0 Å². The third-order valence-corrected chi connectivity index (χ3v) is 6.05. The Morgan fingerprint density at radius 2 is 1.54 bits per heavy atom. The van der Waals surface area contributed by atoms with Crippen molar-refractivity contribution in [1.82, 2.24) is 15.5 Å². The molecule has 0 aromatic heterocycles. The van der Waals surface area contributed by atoms with E-state index in [0.29, 0.717) is 13.0 Å². The first-order valence-corrected chi connectivity index (χ1v) is 12.8. The molecule has 0 aliphatic heterocycles. The number of aliphatic carboxylic acids is 1. The number of hydrogen-bond acceptors (Lipinski definition) is 5. The Balaban J connectivity index is 0. The summed E-state index contributed by atoms with van der Waals surface area (Å²) < 4.78 is 0. The lowest BCUT2D eigenvalue weighted by atomic mass is 9.77. The average molecular weight is 521 g/mol. The number of carbonyl (C=O) groups excluding carboxylic acids is 2. The lowest BCUT2D eigenvalue weighted by Crippen LogP contribution is -2.56. The van der Waals surface area contributed by atoms with Gasteiger partial charge in [-0.15, -0.1) is 0 Å². The van der Waals surface area contributed by atoms with E-state index in [9.17, 15) is 14.4 Å². The van der Waals surface area contributed by atoms with Crippen LogP contribution in [0.15, 0.2) is 35.9 Å². The molecule has 0 aliphatic rings. The second-order valence-electron chi connectivity index (χ2n) is 10.8. The molecule has 2 unspecified atom stereocenters. The average Bonchev–Trinajstić information content (AvgIpc) is 2.82. The van der Waals surface area contributed by atoms with Crippen molar-refractivity contribution in [2.24, 2.45) is 5.41 Å². The van der Waals surface area contributed by atoms with Gasteiger partial charge in [-0.25, -0.2) is 4.79 Å². The highest BCUT2D eigenvalue weighted by atomic mass is 16.4. The van der Waals surface area contributed by atoms with Gasteiger partial charge in [-0.3, -0.25) is 9.59 Å². The van der Waals surface area contributed by atoms with Crippen molar-refractivity contribution < 1.29 is 19.5 Å². The minimum atomic E-state index is -0.954. The maximum absolute atomic E-state index is 12.8. The Morgan fingerprint density at radius 1 is 1.05 bits per heavy atom. The topological polar surface area (TPSA) is 111 Å². The Hall–Kier alpha value is -2.87. The van der Waals surface area contributed by atoms with Crippen molar-refractivity contribution in [3.63, 3.8) is 0 Å². The van der Waals surface area contributed by atoms with Crippen LogP contribution in [0.25, 0.3) is 0 Å². The Kier molecular flexibility index (Phi) is 17.2. The van der Waals surface area contributed by atoms with E-state index < -0.39 is 5.97 Å². The summed E-state index contributed by atoms with van der Waals surface area (Å²) in [7, 11) is 5.33. The van der Waals surface area contributed by atoms with E-state index in [2.05, 4.69) is 83.5 Å². The summed E-state index contributed by atoms with van der Waals surface area (Å²) in [6, 6.07) is 8.05. The normalized spacial score (nSPS) is 13.0. The number of carboxylic acid groups (broad SMARTS) is 1. The molecule has 0 fully saturated rings. The van der Waals surface area contributed by atoms with Gasteiger partial charge in [0.1, 0.15) is 0 Å². The van der Waals surface area contributed by atoms with Crippen molar-refractivity contribution in [1.29, 1.82) is 0 Å². The van der Waals surface area contributed by atoms with Gasteiger partial charge < -0.3 is 26.0 Å². The first-order chi connectivity index (χ1) is 17.0. The van der Waals surface area contributed by atoms with Gasteiger partial charge in [-0.05, 0) is 44.0 Å². The molecule has 1 aromatic rings. The summed E-state index contributed by atoms with van der Waals surface area (Å²) in [5.74, 6) is -0.915. The monoisotopic (exact) mass is 520 g/mol. The molecule has 0 aliphatic carbocycles. The van der Waals surface area contributed by atoms with Crippen LogP contribution in [0, 0.1) is 5.41 Å². The summed E-state index contributed by atoms with van der Waals surface area (Å²) >= 11 is 0. The molecule has 1 rings (SSSR count). The van der Waals surface area contributed by atoms with E-state index in [4.69, 9.17) is 5.11 Å². The molecule has 0 saturated heterocycles. The minimum Gasteiger partial charge on any atom is -0.478 e. The quantitative estimate of drug-likeness (QED) is 0.264. The summed E-state index contributed by atoms with van der Waals surface area (Å²) in [5.41, 5.74) is 2.17. The van der Waals surface area contributed by atoms with Crippen molar-refractivity contribution in [3.05, 3.63) is 41.5 Å². The molecule has 212 valence electrons. The van der Waals surface area contributed by atoms with Crippen LogP contribution in [0.5, 0.6) is 0 Å². The molecule has 0 radical (unpaired) electrons. The molecule has 2 atom stereocenters. The van der Waals surface area contributed by atoms with Gasteiger partial charge >= 0.3 is 5.97 Å². The van der Waals surface area contributed by atoms with Crippen LogP contribution in [0.1, 0.15) is 74.3 Å². The van der Waals surface area contributed by atoms with Crippen molar-refractivity contribution in [2.45, 2.75) is 86.2 Å². The zero-order chi connectivity index (χ0) is 29.4. The van der Waals surface area contributed by atoms with Crippen LogP contribution in [-0.4, -0.2) is 68.1 Å². The highest BCUT2D eigenvalue weighted by Crippen LogP contribution is 2.29. The largest absolute Gasteiger partial charge is 0.478 e. The number of rotatable bonds is 10. The van der Waals surface area contributed by atoms with Crippen LogP contribution < -0.4 is 16.0 Å². The fourth-order valence-electron chi connectivity index (χ4n) is 2.98. The molecule has 8 nitrogen and oxygen atoms in total. The standard InChI is InChI=1S/C19H33N3O.C7H11NO3.C3H8/c1-13(18(2,3)4)22-17(23)16(21-8)19(5,6)14-9-11-15(20-7)12-10-14;1-6(7(10)11)3-4-8(2)5-9;1-3-2/h9-13,16,20-21H,1-8H3,(H,22,23);3,5H,4H2,1-2H3,(H,10,11);3H2,1-2H3/b;6-3+;. The van der Waals surface area contributed by atoms with Crippen LogP contribution in [0.2, 0.25) is 0 Å². The summed E-state index contributed by atoms with van der Waals surface area (Å²) in [6.45, 7) is 18.7. The van der Waals surface area contributed by atoms with E-state index in [1.165, 1.54) is 24.3 Å². The third kappa shape index (κ3) is 13.9. The summed E-state index contributed by atoms with van der Waals surface area (Å²) in [5, 5.41) is 17.9. The first-order valence-electron chi connectivity index (χ1n) is 12.8. The molecule has 8 heteroatoms. The second kappa shape index (κ2) is 17.6. The maximum atomic E-state index is 12.8. The molecular weight excluding hydrogens is 468 g/mol. The Labute approximate surface area is 225 Å². The van der Waals surface area contributed by atoms with Crippen molar-refractivity contribution in [3.8, 4) is 0 Å². The molecular formula is C29H52N4O4. The first kappa shape index (κ1) is 36.3. The van der Waals surface area contributed by atoms with Crippen molar-refractivity contribution in [2.75, 3.05) is 33.0 Å². The molecule has 2 amide bonds. The number of hydrogen-bond donors (Lipinski definition) is 4. The molecule has 1 aromatic carbocycles. The summed E-state index contributed by atoms with van der Waals surface area (Å²) in [6.07, 6.45) is 3.38. The zero-order valence-electron chi connectivity index (χ0n) is 25.2. The number of nitrogens with zero attached hydrogens (tertiary/aromatic N) is 1. The Morgan fingerprint density at radius 3 is 1.89 bits per heavy atom. The smallest absolute Gasteiger partial charge is 0.331 e. The number of likely N-dealkylation sites (N-methyl/N-ethyl adjacent to an activating group) is 2. The Bertz CT molecular complexity index is 842. The van der Waals surface area contributed by atoms with Crippen LogP contribution in [-0.2, 0) is 19.8 Å². The maximum Gasteiger partial charge on any atom is 0.331 e. The highest BCUT2D eigenvalue weighted by molar-refractivity contribution is 5.85. The SMILES string of the molecule is C/C(=C\CN(C)C=O)C(=O)O.CCC.CNc1ccc(C(C)(C)C(NC)C(=O)NC(C)C(C)(C)C)cc1. The second-order valence-corrected chi connectivity index (χ2v) is 10.8. The van der Waals surface area contributed by atoms with Crippen LogP contribution in [0.3, 0.4) is 0 Å². The van der Waals surface area contributed by atoms with Gasteiger partial charge in [0.15, 0.2) is 0 Å². The van der Waals surface area contributed by atoms with Crippen LogP contribution in [0.4, 0.5) is 5.69 Å². The predicted molar refractivity (Wildman–Crippen MR) is 155 cm³/mol. The number of carboxylic acids is 1. The number of nitrogens with one attached hydrogen (secondary N) is 3. The lowest BCUT2D eigenvalue weighted by molar-refractivity contribution is -0.132. The van der Waals surface area contributed by atoms with E-state index in [1.54, 1.807) is 7.05 Å². The number of anilines is 1. The van der Waals surface area contributed by atoms with Gasteiger partial charge in [-0.1, -0.05) is 73.1 Å². The van der Waals surface area contributed by atoms with Gasteiger partial charge in [0, 0.05) is 43.4 Å². The van der Waals surface area contributed by atoms with Gasteiger partial charge in [0.05, 0.1) is 6.04 Å². The zero-order valence-corrected chi connectivity index (χ0v) is 25.2. The number of carbonyl (C=O) groups is 3. The van der Waals surface area contributed by atoms with E-state index in [-0.39, 0.29) is 34.4 Å². The molecule has 0 bridgehead atoms. The third-order valence-electron chi connectivity index (χ3n) is 6.05. The number of benzene rings is 1. The van der Waals surface area contributed by atoms with E-state index in [1.807, 2.05) is 26.2 Å². The molecule has 4 N–H and O–H groups in total. The highest BCUT2D eigenvalue weighted by Gasteiger charge is 2.37. The number of amides is 2. The predicted octanol–water partition coefficient (Wildman–Crippen LogP) is 4.67. The van der Waals surface area contributed by atoms with E-state index in [0.717, 1.165) is 11.3 Å². The van der Waals surface area contributed by atoms with Gasteiger partial charge in [0.25, 0.3) is 0 Å². The molecule has 0 heterocycles. The lowest BCUT2D eigenvalue weighted by Gasteiger charge is -2.36. The van der Waals surface area contributed by atoms with Gasteiger partial charge in [-0.2, -0.15) is 0 Å².